The molecule has 0 aromatic heterocycles. The second kappa shape index (κ2) is 26.2. The van der Waals surface area contributed by atoms with Crippen molar-refractivity contribution in [3.8, 4) is 0 Å². The number of benzene rings is 4. The van der Waals surface area contributed by atoms with Crippen molar-refractivity contribution in [2.45, 2.75) is 126 Å². The molecule has 10 nitrogen and oxygen atoms in total. The Labute approximate surface area is 423 Å². The second-order valence-corrected chi connectivity index (χ2v) is 21.2. The number of halogens is 5. The van der Waals surface area contributed by atoms with Gasteiger partial charge in [0.1, 0.15) is 5.82 Å². The van der Waals surface area contributed by atoms with Crippen molar-refractivity contribution in [3.63, 3.8) is 0 Å². The van der Waals surface area contributed by atoms with E-state index in [9.17, 15) is 23.6 Å². The third-order valence-corrected chi connectivity index (χ3v) is 14.8. The highest BCUT2D eigenvalue weighted by atomic mass is 79.9. The predicted molar refractivity (Wildman–Crippen MR) is 274 cm³/mol. The molecule has 0 unspecified atom stereocenters. The Kier molecular flexibility index (Phi) is 21.2. The van der Waals surface area contributed by atoms with Gasteiger partial charge in [0.15, 0.2) is 0 Å². The molecule has 6 rings (SSSR count). The topological polar surface area (TPSA) is 123 Å². The molecule has 0 aliphatic heterocycles. The average molecular weight is 1090 g/mol. The van der Waals surface area contributed by atoms with Gasteiger partial charge in [0.25, 0.3) is 0 Å². The van der Waals surface area contributed by atoms with E-state index >= 15 is 0 Å². The molecule has 0 radical (unpaired) electrons. The van der Waals surface area contributed by atoms with E-state index in [1.54, 1.807) is 12.1 Å². The fourth-order valence-electron chi connectivity index (χ4n) is 9.15. The molecule has 2 aliphatic carbocycles. The first-order valence-corrected chi connectivity index (χ1v) is 25.4. The summed E-state index contributed by atoms with van der Waals surface area (Å²) in [6.07, 6.45) is 10.0. The fraction of sp³-hybridized carbons (Fsp3) is 0.462. The van der Waals surface area contributed by atoms with Gasteiger partial charge in [-0.3, -0.25) is 19.2 Å². The van der Waals surface area contributed by atoms with Crippen molar-refractivity contribution in [1.29, 1.82) is 0 Å². The molecule has 0 saturated heterocycles. The molecule has 362 valence electrons. The zero-order valence-electron chi connectivity index (χ0n) is 39.0. The van der Waals surface area contributed by atoms with Gasteiger partial charge in [0.2, 0.25) is 23.6 Å². The number of carbonyl (C=O) groups is 4. The average Bonchev–Trinajstić information content (AvgIpc) is 3.28. The Balaban J connectivity index is 0.000000251. The molecule has 0 heterocycles. The summed E-state index contributed by atoms with van der Waals surface area (Å²) in [5.41, 5.74) is 3.99. The first-order valence-electron chi connectivity index (χ1n) is 23.1. The molecular weight excluding hydrogens is 1020 g/mol. The van der Waals surface area contributed by atoms with E-state index in [-0.39, 0.29) is 84.8 Å². The standard InChI is InChI=1S/C26H32BrClFN3O2.C26H33BrClN3O2/c1-32(2)26(16-18-4-3-5-21(28)14-18)12-10-22(11-13-26)31-25(34)9-8-24(33)30-17-19-6-7-20(27)15-23(19)29;1-31(2)26(17-19-5-4-8-22(28)16-19)13-11-23(12-14-26)30-25(33)10-9-24(32)29-18-20-6-3-7-21(27)15-20/h3-7,14-15,22H,8-13,16-17H2,1-2H3,(H,30,33)(H,31,34);3-8,15-16,23H,9-14,17-18H2,1-2H3,(H,29,32)(H,30,33). The summed E-state index contributed by atoms with van der Waals surface area (Å²) in [7, 11) is 8.50. The highest BCUT2D eigenvalue weighted by Crippen LogP contribution is 2.37. The number of amides is 4. The van der Waals surface area contributed by atoms with Crippen LogP contribution in [-0.2, 0) is 45.1 Å². The van der Waals surface area contributed by atoms with Gasteiger partial charge in [-0.15, -0.1) is 0 Å². The quantitative estimate of drug-likeness (QED) is 0.0787. The largest absolute Gasteiger partial charge is 0.353 e. The van der Waals surface area contributed by atoms with Gasteiger partial charge in [-0.1, -0.05) is 97.5 Å². The Morgan fingerprint density at radius 3 is 1.42 bits per heavy atom. The molecule has 67 heavy (non-hydrogen) atoms. The lowest BCUT2D eigenvalue weighted by Crippen LogP contribution is -2.52. The molecule has 4 aromatic rings. The molecule has 2 aliphatic rings. The maximum Gasteiger partial charge on any atom is 0.220 e. The number of hydrogen-bond donors (Lipinski definition) is 4. The molecule has 2 fully saturated rings. The first-order chi connectivity index (χ1) is 31.9. The highest BCUT2D eigenvalue weighted by molar-refractivity contribution is 9.10. The molecule has 4 amide bonds. The summed E-state index contributed by atoms with van der Waals surface area (Å²) in [6, 6.07) is 28.9. The van der Waals surface area contributed by atoms with Crippen LogP contribution >= 0.6 is 55.1 Å². The van der Waals surface area contributed by atoms with Gasteiger partial charge >= 0.3 is 0 Å². The number of carbonyl (C=O) groups excluding carboxylic acids is 4. The van der Waals surface area contributed by atoms with E-state index in [0.29, 0.717) is 16.6 Å². The third kappa shape index (κ3) is 17.6. The molecule has 2 saturated carbocycles. The summed E-state index contributed by atoms with van der Waals surface area (Å²) in [5, 5.41) is 13.3. The van der Waals surface area contributed by atoms with E-state index in [0.717, 1.165) is 84.3 Å². The van der Waals surface area contributed by atoms with E-state index in [1.165, 1.54) is 17.2 Å². The first kappa shape index (κ1) is 54.1. The summed E-state index contributed by atoms with van der Waals surface area (Å²) >= 11 is 19.0. The normalized spacial score (nSPS) is 20.3. The molecule has 0 spiro atoms. The number of rotatable bonds is 18. The summed E-state index contributed by atoms with van der Waals surface area (Å²) in [4.78, 5) is 53.7. The number of likely N-dealkylation sites (N-methyl/N-ethyl adjacent to an activating group) is 2. The fourth-order valence-corrected chi connectivity index (χ4v) is 10.4. The van der Waals surface area contributed by atoms with Crippen molar-refractivity contribution < 1.29 is 23.6 Å². The lowest BCUT2D eigenvalue weighted by Gasteiger charge is -2.45. The molecule has 4 N–H and O–H groups in total. The summed E-state index contributed by atoms with van der Waals surface area (Å²) in [6.45, 7) is 0.559. The van der Waals surface area contributed by atoms with Gasteiger partial charge < -0.3 is 31.1 Å². The molecule has 15 heteroatoms. The Morgan fingerprint density at radius 2 is 0.985 bits per heavy atom. The van der Waals surface area contributed by atoms with E-state index in [4.69, 9.17) is 23.2 Å². The van der Waals surface area contributed by atoms with Crippen LogP contribution in [0.3, 0.4) is 0 Å². The number of nitrogens with one attached hydrogen (secondary N) is 4. The van der Waals surface area contributed by atoms with Crippen LogP contribution in [0.25, 0.3) is 0 Å². The van der Waals surface area contributed by atoms with Crippen molar-refractivity contribution in [2.75, 3.05) is 28.2 Å². The van der Waals surface area contributed by atoms with Gasteiger partial charge in [-0.25, -0.2) is 4.39 Å². The Bertz CT molecular complexity index is 2280. The number of nitrogens with zero attached hydrogens (tertiary/aromatic N) is 2. The lowest BCUT2D eigenvalue weighted by atomic mass is 9.75. The smallest absolute Gasteiger partial charge is 0.220 e. The lowest BCUT2D eigenvalue weighted by molar-refractivity contribution is -0.127. The minimum absolute atomic E-state index is 0.0358. The van der Waals surface area contributed by atoms with Gasteiger partial charge in [0.05, 0.1) is 0 Å². The zero-order valence-corrected chi connectivity index (χ0v) is 43.7. The van der Waals surface area contributed by atoms with Crippen LogP contribution in [0.15, 0.2) is 99.9 Å². The predicted octanol–water partition coefficient (Wildman–Crippen LogP) is 10.3. The maximum absolute atomic E-state index is 13.9. The molecule has 0 atom stereocenters. The molecule has 4 aromatic carbocycles. The second-order valence-electron chi connectivity index (χ2n) is 18.5. The molecule has 0 bridgehead atoms. The van der Waals surface area contributed by atoms with Gasteiger partial charge in [-0.05, 0) is 158 Å². The van der Waals surface area contributed by atoms with Crippen molar-refractivity contribution >= 4 is 78.7 Å². The Hall–Kier alpha value is -3.85. The third-order valence-electron chi connectivity index (χ3n) is 13.3. The van der Waals surface area contributed by atoms with Crippen molar-refractivity contribution in [3.05, 3.63) is 138 Å². The van der Waals surface area contributed by atoms with Crippen molar-refractivity contribution in [1.82, 2.24) is 31.1 Å². The maximum atomic E-state index is 13.9. The van der Waals surface area contributed by atoms with Crippen LogP contribution in [0.4, 0.5) is 4.39 Å². The zero-order chi connectivity index (χ0) is 48.6. The monoisotopic (exact) mass is 1080 g/mol. The summed E-state index contributed by atoms with van der Waals surface area (Å²) < 4.78 is 15.5. The van der Waals surface area contributed by atoms with Gasteiger partial charge in [-0.2, -0.15) is 0 Å². The van der Waals surface area contributed by atoms with Crippen molar-refractivity contribution in [2.24, 2.45) is 0 Å². The minimum atomic E-state index is -0.381. The van der Waals surface area contributed by atoms with E-state index in [2.05, 4.69) is 103 Å². The highest BCUT2D eigenvalue weighted by Gasteiger charge is 2.39. The van der Waals surface area contributed by atoms with Crippen LogP contribution in [0.5, 0.6) is 0 Å². The van der Waals surface area contributed by atoms with Crippen LogP contribution in [0.2, 0.25) is 10.0 Å². The van der Waals surface area contributed by atoms with E-state index < -0.39 is 0 Å². The Morgan fingerprint density at radius 1 is 0.567 bits per heavy atom. The SMILES string of the molecule is CN(C)C1(Cc2cccc(Cl)c2)CCC(NC(=O)CCC(=O)NCc2ccc(Br)cc2F)CC1.CN(C)C1(Cc2cccc(Cl)c2)CCC(NC(=O)CCC(=O)NCc2cccc(Br)c2)CC1. The summed E-state index contributed by atoms with van der Waals surface area (Å²) in [5.74, 6) is -0.933. The van der Waals surface area contributed by atoms with E-state index in [1.807, 2.05) is 60.7 Å². The van der Waals surface area contributed by atoms with Gasteiger partial charge in [0, 0.05) is 86.5 Å². The van der Waals surface area contributed by atoms with Crippen LogP contribution in [-0.4, -0.2) is 84.8 Å². The number of hydrogen-bond acceptors (Lipinski definition) is 6. The molecular formula is C52H65Br2Cl2FN6O4. The van der Waals surface area contributed by atoms with Crippen LogP contribution < -0.4 is 21.3 Å². The minimum Gasteiger partial charge on any atom is -0.353 e. The van der Waals surface area contributed by atoms with Crippen LogP contribution in [0.1, 0.15) is 99.3 Å². The van der Waals surface area contributed by atoms with Crippen LogP contribution in [0, 0.1) is 5.82 Å².